The molecular weight excluding hydrogens is 223 g/mol. The SMILES string of the molecule is NCc1cn(CCOc2ccccc2F)nn1. The first kappa shape index (κ1) is 11.5. The van der Waals surface area contributed by atoms with Crippen LogP contribution < -0.4 is 10.5 Å². The van der Waals surface area contributed by atoms with Gasteiger partial charge in [0.2, 0.25) is 0 Å². The Morgan fingerprint density at radius 1 is 1.35 bits per heavy atom. The number of benzene rings is 1. The standard InChI is InChI=1S/C11H13FN4O/c12-10-3-1-2-4-11(10)17-6-5-16-8-9(7-13)14-15-16/h1-4,8H,5-7,13H2. The Kier molecular flexibility index (Phi) is 3.66. The van der Waals surface area contributed by atoms with E-state index in [1.165, 1.54) is 6.07 Å². The van der Waals surface area contributed by atoms with E-state index in [-0.39, 0.29) is 11.6 Å². The highest BCUT2D eigenvalue weighted by molar-refractivity contribution is 5.23. The molecule has 0 spiro atoms. The lowest BCUT2D eigenvalue weighted by molar-refractivity contribution is 0.277. The molecule has 1 aromatic heterocycles. The fourth-order valence-corrected chi connectivity index (χ4v) is 1.35. The van der Waals surface area contributed by atoms with E-state index in [0.717, 1.165) is 5.69 Å². The molecular formula is C11H13FN4O. The van der Waals surface area contributed by atoms with Gasteiger partial charge in [-0.05, 0) is 12.1 Å². The summed E-state index contributed by atoms with van der Waals surface area (Å²) >= 11 is 0. The van der Waals surface area contributed by atoms with Crippen LogP contribution in [-0.2, 0) is 13.1 Å². The summed E-state index contributed by atoms with van der Waals surface area (Å²) in [5.41, 5.74) is 6.12. The molecule has 0 saturated carbocycles. The van der Waals surface area contributed by atoms with Crippen molar-refractivity contribution in [2.24, 2.45) is 5.73 Å². The maximum Gasteiger partial charge on any atom is 0.165 e. The number of para-hydroxylation sites is 1. The molecule has 17 heavy (non-hydrogen) atoms. The first-order valence-corrected chi connectivity index (χ1v) is 5.26. The second kappa shape index (κ2) is 5.40. The third-order valence-corrected chi connectivity index (χ3v) is 2.21. The lowest BCUT2D eigenvalue weighted by atomic mass is 10.3. The van der Waals surface area contributed by atoms with Crippen LogP contribution in [0.25, 0.3) is 0 Å². The van der Waals surface area contributed by atoms with Crippen LogP contribution in [0.2, 0.25) is 0 Å². The van der Waals surface area contributed by atoms with Gasteiger partial charge in [0, 0.05) is 12.7 Å². The highest BCUT2D eigenvalue weighted by Crippen LogP contribution is 2.14. The van der Waals surface area contributed by atoms with Gasteiger partial charge in [0.25, 0.3) is 0 Å². The van der Waals surface area contributed by atoms with Crippen molar-refractivity contribution in [3.63, 3.8) is 0 Å². The minimum absolute atomic E-state index is 0.242. The van der Waals surface area contributed by atoms with Gasteiger partial charge in [-0.1, -0.05) is 17.3 Å². The summed E-state index contributed by atoms with van der Waals surface area (Å²) in [6.45, 7) is 1.18. The van der Waals surface area contributed by atoms with Crippen molar-refractivity contribution in [1.82, 2.24) is 15.0 Å². The average molecular weight is 236 g/mol. The van der Waals surface area contributed by atoms with Crippen LogP contribution in [0, 0.1) is 5.82 Å². The normalized spacial score (nSPS) is 10.5. The molecule has 2 rings (SSSR count). The number of rotatable bonds is 5. The molecule has 0 atom stereocenters. The van der Waals surface area contributed by atoms with E-state index in [1.807, 2.05) is 0 Å². The van der Waals surface area contributed by atoms with Crippen molar-refractivity contribution < 1.29 is 9.13 Å². The van der Waals surface area contributed by atoms with Gasteiger partial charge >= 0.3 is 0 Å². The van der Waals surface area contributed by atoms with Crippen LogP contribution >= 0.6 is 0 Å². The summed E-state index contributed by atoms with van der Waals surface area (Å²) in [7, 11) is 0. The van der Waals surface area contributed by atoms with Gasteiger partial charge in [0.05, 0.1) is 12.2 Å². The molecule has 2 N–H and O–H groups in total. The summed E-state index contributed by atoms with van der Waals surface area (Å²) in [5, 5.41) is 7.69. The summed E-state index contributed by atoms with van der Waals surface area (Å²) in [5.74, 6) is -0.125. The van der Waals surface area contributed by atoms with E-state index in [1.54, 1.807) is 29.1 Å². The molecule has 0 aliphatic rings. The molecule has 5 nitrogen and oxygen atoms in total. The predicted octanol–water partition coefficient (Wildman–Crippen LogP) is 0.955. The van der Waals surface area contributed by atoms with Crippen LogP contribution in [0.15, 0.2) is 30.5 Å². The van der Waals surface area contributed by atoms with Gasteiger partial charge in [0.15, 0.2) is 11.6 Å². The maximum atomic E-state index is 13.2. The van der Waals surface area contributed by atoms with E-state index in [9.17, 15) is 4.39 Å². The molecule has 2 aromatic rings. The zero-order valence-corrected chi connectivity index (χ0v) is 9.21. The van der Waals surface area contributed by atoms with Crippen LogP contribution in [0.5, 0.6) is 5.75 Å². The quantitative estimate of drug-likeness (QED) is 0.839. The molecule has 0 aliphatic heterocycles. The highest BCUT2D eigenvalue weighted by atomic mass is 19.1. The Labute approximate surface area is 98.0 Å². The van der Waals surface area contributed by atoms with Crippen molar-refractivity contribution in [2.75, 3.05) is 6.61 Å². The van der Waals surface area contributed by atoms with Crippen LogP contribution in [0.4, 0.5) is 4.39 Å². The number of hydrogen-bond donors (Lipinski definition) is 1. The molecule has 0 aliphatic carbocycles. The van der Waals surface area contributed by atoms with E-state index >= 15 is 0 Å². The molecule has 0 unspecified atom stereocenters. The molecule has 1 heterocycles. The topological polar surface area (TPSA) is 66.0 Å². The minimum Gasteiger partial charge on any atom is -0.489 e. The number of aromatic nitrogens is 3. The lowest BCUT2D eigenvalue weighted by Crippen LogP contribution is -2.09. The smallest absolute Gasteiger partial charge is 0.165 e. The summed E-state index contributed by atoms with van der Waals surface area (Å²) in [6.07, 6.45) is 1.74. The van der Waals surface area contributed by atoms with E-state index in [4.69, 9.17) is 10.5 Å². The summed E-state index contributed by atoms with van der Waals surface area (Å²) in [6, 6.07) is 6.28. The van der Waals surface area contributed by atoms with Crippen LogP contribution in [0.3, 0.4) is 0 Å². The lowest BCUT2D eigenvalue weighted by Gasteiger charge is -2.06. The van der Waals surface area contributed by atoms with Crippen molar-refractivity contribution in [2.45, 2.75) is 13.1 Å². The van der Waals surface area contributed by atoms with E-state index in [0.29, 0.717) is 19.7 Å². The highest BCUT2D eigenvalue weighted by Gasteiger charge is 2.02. The summed E-state index contributed by atoms with van der Waals surface area (Å²) in [4.78, 5) is 0. The monoisotopic (exact) mass is 236 g/mol. The van der Waals surface area contributed by atoms with Crippen molar-refractivity contribution in [3.05, 3.63) is 42.0 Å². The number of nitrogens with two attached hydrogens (primary N) is 1. The number of hydrogen-bond acceptors (Lipinski definition) is 4. The zero-order chi connectivity index (χ0) is 12.1. The Morgan fingerprint density at radius 2 is 2.18 bits per heavy atom. The van der Waals surface area contributed by atoms with E-state index in [2.05, 4.69) is 10.3 Å². The molecule has 0 bridgehead atoms. The number of halogens is 1. The molecule has 0 radical (unpaired) electrons. The maximum absolute atomic E-state index is 13.2. The van der Waals surface area contributed by atoms with Crippen LogP contribution in [0.1, 0.15) is 5.69 Å². The average Bonchev–Trinajstić information content (AvgIpc) is 2.80. The Balaban J connectivity index is 1.85. The Hall–Kier alpha value is -1.95. The number of ether oxygens (including phenoxy) is 1. The van der Waals surface area contributed by atoms with E-state index < -0.39 is 0 Å². The largest absolute Gasteiger partial charge is 0.489 e. The van der Waals surface area contributed by atoms with Crippen molar-refractivity contribution in [1.29, 1.82) is 0 Å². The first-order valence-electron chi connectivity index (χ1n) is 5.26. The minimum atomic E-state index is -0.367. The summed E-state index contributed by atoms with van der Waals surface area (Å²) < 4.78 is 20.1. The van der Waals surface area contributed by atoms with Gasteiger partial charge in [-0.15, -0.1) is 5.10 Å². The molecule has 1 aromatic carbocycles. The fraction of sp³-hybridized carbons (Fsp3) is 0.273. The first-order chi connectivity index (χ1) is 8.29. The predicted molar refractivity (Wildman–Crippen MR) is 59.8 cm³/mol. The zero-order valence-electron chi connectivity index (χ0n) is 9.21. The second-order valence-electron chi connectivity index (χ2n) is 3.46. The van der Waals surface area contributed by atoms with Gasteiger partial charge in [0.1, 0.15) is 6.61 Å². The molecule has 90 valence electrons. The van der Waals surface area contributed by atoms with Gasteiger partial charge in [-0.25, -0.2) is 9.07 Å². The fourth-order valence-electron chi connectivity index (χ4n) is 1.35. The van der Waals surface area contributed by atoms with Gasteiger partial charge in [-0.2, -0.15) is 0 Å². The number of nitrogens with zero attached hydrogens (tertiary/aromatic N) is 3. The Bertz CT molecular complexity index is 486. The molecule has 0 amide bonds. The van der Waals surface area contributed by atoms with Crippen LogP contribution in [-0.4, -0.2) is 21.6 Å². The third-order valence-electron chi connectivity index (χ3n) is 2.21. The molecule has 6 heteroatoms. The van der Waals surface area contributed by atoms with Crippen molar-refractivity contribution >= 4 is 0 Å². The Morgan fingerprint density at radius 3 is 2.88 bits per heavy atom. The van der Waals surface area contributed by atoms with Gasteiger partial charge in [-0.3, -0.25) is 0 Å². The van der Waals surface area contributed by atoms with Gasteiger partial charge < -0.3 is 10.5 Å². The molecule has 0 saturated heterocycles. The second-order valence-corrected chi connectivity index (χ2v) is 3.46. The van der Waals surface area contributed by atoms with Crippen molar-refractivity contribution in [3.8, 4) is 5.75 Å². The molecule has 0 fully saturated rings. The third kappa shape index (κ3) is 3.01.